The van der Waals surface area contributed by atoms with Gasteiger partial charge in [-0.3, -0.25) is 0 Å². The van der Waals surface area contributed by atoms with E-state index in [9.17, 15) is 0 Å². The molecule has 13 heavy (non-hydrogen) atoms. The number of hydrogen-bond donors (Lipinski definition) is 1. The number of nitrogens with zero attached hydrogens (tertiary/aromatic N) is 2. The van der Waals surface area contributed by atoms with Gasteiger partial charge in [-0.15, -0.1) is 0 Å². The van der Waals surface area contributed by atoms with Crippen molar-refractivity contribution in [1.29, 1.82) is 0 Å². The summed E-state index contributed by atoms with van der Waals surface area (Å²) in [7, 11) is 0. The summed E-state index contributed by atoms with van der Waals surface area (Å²) in [6, 6.07) is 9.90. The summed E-state index contributed by atoms with van der Waals surface area (Å²) in [6.07, 6.45) is 0.630. The summed E-state index contributed by atoms with van der Waals surface area (Å²) < 4.78 is 4.88. The van der Waals surface area contributed by atoms with E-state index in [-0.39, 0.29) is 5.95 Å². The van der Waals surface area contributed by atoms with Gasteiger partial charge in [0.05, 0.1) is 6.42 Å². The van der Waals surface area contributed by atoms with Crippen LogP contribution in [0.1, 0.15) is 11.5 Å². The molecule has 0 aliphatic carbocycles. The fourth-order valence-electron chi connectivity index (χ4n) is 1.11. The summed E-state index contributed by atoms with van der Waals surface area (Å²) in [6.45, 7) is 0. The lowest BCUT2D eigenvalue weighted by Gasteiger charge is -1.93. The molecular formula is C9H9N3O. The molecule has 0 bridgehead atoms. The molecule has 0 spiro atoms. The quantitative estimate of drug-likeness (QED) is 0.745. The highest BCUT2D eigenvalue weighted by Crippen LogP contribution is 2.07. The molecule has 0 saturated heterocycles. The Labute approximate surface area is 75.4 Å². The van der Waals surface area contributed by atoms with Gasteiger partial charge < -0.3 is 10.3 Å². The summed E-state index contributed by atoms with van der Waals surface area (Å²) in [5.41, 5.74) is 6.45. The van der Waals surface area contributed by atoms with Crippen LogP contribution >= 0.6 is 0 Å². The molecule has 0 fully saturated rings. The molecular weight excluding hydrogens is 166 g/mol. The minimum atomic E-state index is 0.186. The third-order valence-electron chi connectivity index (χ3n) is 1.68. The summed E-state index contributed by atoms with van der Waals surface area (Å²) in [5.74, 6) is 0.731. The highest BCUT2D eigenvalue weighted by molar-refractivity contribution is 5.19. The third kappa shape index (κ3) is 1.84. The van der Waals surface area contributed by atoms with Crippen LogP contribution in [0.15, 0.2) is 34.9 Å². The minimum Gasteiger partial charge on any atom is -0.365 e. The molecule has 1 aromatic heterocycles. The van der Waals surface area contributed by atoms with Crippen LogP contribution in [0.3, 0.4) is 0 Å². The fraction of sp³-hybridized carbons (Fsp3) is 0.111. The number of nitrogens with two attached hydrogens (primary N) is 1. The standard InChI is InChI=1S/C9H9N3O/c10-9-11-8(13-12-9)6-7-4-2-1-3-5-7/h1-5H,6H2,(H2,10,12). The number of hydrogen-bond acceptors (Lipinski definition) is 4. The molecule has 2 aromatic rings. The minimum absolute atomic E-state index is 0.186. The second kappa shape index (κ2) is 3.26. The third-order valence-corrected chi connectivity index (χ3v) is 1.68. The Hall–Kier alpha value is -1.84. The fourth-order valence-corrected chi connectivity index (χ4v) is 1.11. The lowest BCUT2D eigenvalue weighted by molar-refractivity contribution is 0.386. The van der Waals surface area contributed by atoms with E-state index in [0.29, 0.717) is 12.3 Å². The molecule has 0 saturated carbocycles. The van der Waals surface area contributed by atoms with Gasteiger partial charge in [-0.2, -0.15) is 4.98 Å². The van der Waals surface area contributed by atoms with E-state index in [1.165, 1.54) is 0 Å². The Kier molecular flexibility index (Phi) is 1.96. The molecule has 4 nitrogen and oxygen atoms in total. The van der Waals surface area contributed by atoms with Crippen molar-refractivity contribution in [3.63, 3.8) is 0 Å². The SMILES string of the molecule is Nc1noc(Cc2ccccc2)n1. The molecule has 1 aromatic carbocycles. The number of aromatic nitrogens is 2. The zero-order valence-electron chi connectivity index (χ0n) is 6.97. The number of benzene rings is 1. The van der Waals surface area contributed by atoms with Crippen LogP contribution in [0.2, 0.25) is 0 Å². The average molecular weight is 175 g/mol. The zero-order chi connectivity index (χ0) is 9.10. The highest BCUT2D eigenvalue weighted by Gasteiger charge is 2.03. The van der Waals surface area contributed by atoms with Gasteiger partial charge in [-0.25, -0.2) is 0 Å². The molecule has 0 aliphatic rings. The monoisotopic (exact) mass is 175 g/mol. The molecule has 0 radical (unpaired) electrons. The molecule has 0 amide bonds. The number of anilines is 1. The van der Waals surface area contributed by atoms with Gasteiger partial charge in [-0.05, 0) is 10.7 Å². The van der Waals surface area contributed by atoms with Gasteiger partial charge in [0.2, 0.25) is 5.89 Å². The maximum Gasteiger partial charge on any atom is 0.260 e. The van der Waals surface area contributed by atoms with E-state index in [0.717, 1.165) is 5.56 Å². The van der Waals surface area contributed by atoms with Crippen molar-refractivity contribution < 1.29 is 4.52 Å². The van der Waals surface area contributed by atoms with Crippen LogP contribution in [0, 0.1) is 0 Å². The van der Waals surface area contributed by atoms with Crippen molar-refractivity contribution in [1.82, 2.24) is 10.1 Å². The zero-order valence-corrected chi connectivity index (χ0v) is 6.97. The van der Waals surface area contributed by atoms with E-state index in [1.54, 1.807) is 0 Å². The molecule has 66 valence electrons. The van der Waals surface area contributed by atoms with Crippen LogP contribution in [-0.4, -0.2) is 10.1 Å². The van der Waals surface area contributed by atoms with Gasteiger partial charge in [-0.1, -0.05) is 30.3 Å². The van der Waals surface area contributed by atoms with Crippen LogP contribution in [0.5, 0.6) is 0 Å². The molecule has 0 unspecified atom stereocenters. The predicted molar refractivity (Wildman–Crippen MR) is 48.0 cm³/mol. The Morgan fingerprint density at radius 2 is 2.00 bits per heavy atom. The van der Waals surface area contributed by atoms with Crippen molar-refractivity contribution in [2.75, 3.05) is 5.73 Å². The van der Waals surface area contributed by atoms with Crippen LogP contribution in [-0.2, 0) is 6.42 Å². The van der Waals surface area contributed by atoms with E-state index >= 15 is 0 Å². The van der Waals surface area contributed by atoms with Crippen LogP contribution < -0.4 is 5.73 Å². The first-order valence-corrected chi connectivity index (χ1v) is 3.96. The van der Waals surface area contributed by atoms with Gasteiger partial charge in [0.1, 0.15) is 0 Å². The van der Waals surface area contributed by atoms with Crippen molar-refractivity contribution in [2.45, 2.75) is 6.42 Å². The molecule has 2 N–H and O–H groups in total. The van der Waals surface area contributed by atoms with Crippen molar-refractivity contribution in [2.24, 2.45) is 0 Å². The second-order valence-electron chi connectivity index (χ2n) is 2.71. The van der Waals surface area contributed by atoms with Crippen molar-refractivity contribution in [3.05, 3.63) is 41.8 Å². The van der Waals surface area contributed by atoms with Crippen LogP contribution in [0.4, 0.5) is 5.95 Å². The van der Waals surface area contributed by atoms with Gasteiger partial charge in [0.15, 0.2) is 0 Å². The molecule has 0 atom stereocenters. The summed E-state index contributed by atoms with van der Waals surface area (Å²) in [5, 5.41) is 3.50. The normalized spacial score (nSPS) is 10.2. The van der Waals surface area contributed by atoms with E-state index in [2.05, 4.69) is 10.1 Å². The van der Waals surface area contributed by atoms with E-state index < -0.39 is 0 Å². The number of rotatable bonds is 2. The van der Waals surface area contributed by atoms with Crippen LogP contribution in [0.25, 0.3) is 0 Å². The Bertz CT molecular complexity index is 383. The molecule has 2 rings (SSSR count). The number of nitrogen functional groups attached to an aromatic ring is 1. The van der Waals surface area contributed by atoms with Gasteiger partial charge in [0.25, 0.3) is 5.95 Å². The Morgan fingerprint density at radius 3 is 2.62 bits per heavy atom. The van der Waals surface area contributed by atoms with Crippen molar-refractivity contribution in [3.8, 4) is 0 Å². The Balaban J connectivity index is 2.15. The van der Waals surface area contributed by atoms with Gasteiger partial charge in [0, 0.05) is 0 Å². The highest BCUT2D eigenvalue weighted by atomic mass is 16.5. The summed E-state index contributed by atoms with van der Waals surface area (Å²) >= 11 is 0. The van der Waals surface area contributed by atoms with E-state index in [1.807, 2.05) is 30.3 Å². The summed E-state index contributed by atoms with van der Waals surface area (Å²) in [4.78, 5) is 3.91. The lowest BCUT2D eigenvalue weighted by Crippen LogP contribution is -1.89. The molecule has 1 heterocycles. The first-order chi connectivity index (χ1) is 6.34. The topological polar surface area (TPSA) is 64.9 Å². The second-order valence-corrected chi connectivity index (χ2v) is 2.71. The smallest absolute Gasteiger partial charge is 0.260 e. The maximum atomic E-state index is 5.32. The Morgan fingerprint density at radius 1 is 1.23 bits per heavy atom. The molecule has 4 heteroatoms. The van der Waals surface area contributed by atoms with Crippen molar-refractivity contribution >= 4 is 5.95 Å². The predicted octanol–water partition coefficient (Wildman–Crippen LogP) is 1.24. The lowest BCUT2D eigenvalue weighted by atomic mass is 10.2. The van der Waals surface area contributed by atoms with E-state index in [4.69, 9.17) is 10.3 Å². The van der Waals surface area contributed by atoms with Gasteiger partial charge >= 0.3 is 0 Å². The first kappa shape index (κ1) is 7.79. The average Bonchev–Trinajstić information content (AvgIpc) is 2.53. The first-order valence-electron chi connectivity index (χ1n) is 3.96. The molecule has 0 aliphatic heterocycles. The maximum absolute atomic E-state index is 5.32. The largest absolute Gasteiger partial charge is 0.365 e.